The van der Waals surface area contributed by atoms with Crippen LogP contribution >= 0.6 is 0 Å². The van der Waals surface area contributed by atoms with Crippen LogP contribution in [0.4, 0.5) is 0 Å². The normalized spacial score (nSPS) is 13.4. The molecule has 0 spiro atoms. The predicted molar refractivity (Wildman–Crippen MR) is 122 cm³/mol. The molecule has 166 valence electrons. The number of aromatic nitrogens is 2. The van der Waals surface area contributed by atoms with Crippen LogP contribution in [-0.4, -0.2) is 44.9 Å². The fraction of sp³-hybridized carbons (Fsp3) is 0.625. The van der Waals surface area contributed by atoms with Gasteiger partial charge in [0.25, 0.3) is 0 Å². The van der Waals surface area contributed by atoms with Gasteiger partial charge in [-0.25, -0.2) is 4.98 Å². The van der Waals surface area contributed by atoms with Gasteiger partial charge in [-0.2, -0.15) is 0 Å². The van der Waals surface area contributed by atoms with Crippen molar-refractivity contribution in [3.05, 3.63) is 30.1 Å². The summed E-state index contributed by atoms with van der Waals surface area (Å²) >= 11 is 0. The Balaban J connectivity index is 2.21. The number of benzene rings is 1. The molecule has 0 bridgehead atoms. The van der Waals surface area contributed by atoms with E-state index in [0.29, 0.717) is 19.5 Å². The lowest BCUT2D eigenvalue weighted by atomic mass is 10.1. The van der Waals surface area contributed by atoms with Crippen molar-refractivity contribution < 1.29 is 9.59 Å². The van der Waals surface area contributed by atoms with Gasteiger partial charge in [0.05, 0.1) is 11.0 Å². The Bertz CT molecular complexity index is 833. The van der Waals surface area contributed by atoms with Gasteiger partial charge >= 0.3 is 0 Å². The second kappa shape index (κ2) is 11.1. The van der Waals surface area contributed by atoms with Crippen molar-refractivity contribution in [3.63, 3.8) is 0 Å². The first-order valence-electron chi connectivity index (χ1n) is 11.3. The lowest BCUT2D eigenvalue weighted by Gasteiger charge is -2.34. The summed E-state index contributed by atoms with van der Waals surface area (Å²) in [6.07, 6.45) is 3.37. The lowest BCUT2D eigenvalue weighted by Crippen LogP contribution is -2.45. The van der Waals surface area contributed by atoms with Crippen molar-refractivity contribution in [1.82, 2.24) is 19.8 Å². The predicted octanol–water partition coefficient (Wildman–Crippen LogP) is 4.17. The van der Waals surface area contributed by atoms with E-state index in [1.54, 1.807) is 0 Å². The van der Waals surface area contributed by atoms with E-state index in [-0.39, 0.29) is 29.8 Å². The van der Waals surface area contributed by atoms with E-state index in [9.17, 15) is 9.59 Å². The maximum atomic E-state index is 13.3. The maximum absolute atomic E-state index is 13.3. The summed E-state index contributed by atoms with van der Waals surface area (Å²) in [7, 11) is 0. The molecule has 0 saturated heterocycles. The van der Waals surface area contributed by atoms with Crippen LogP contribution in [0.3, 0.4) is 0 Å². The topological polar surface area (TPSA) is 67.2 Å². The van der Waals surface area contributed by atoms with Crippen molar-refractivity contribution in [2.75, 3.05) is 6.54 Å². The van der Waals surface area contributed by atoms with Crippen molar-refractivity contribution in [2.24, 2.45) is 5.92 Å². The highest BCUT2D eigenvalue weighted by molar-refractivity contribution is 5.81. The van der Waals surface area contributed by atoms with Crippen LogP contribution in [-0.2, 0) is 22.6 Å². The first-order chi connectivity index (χ1) is 14.3. The molecule has 1 heterocycles. The van der Waals surface area contributed by atoms with E-state index in [1.165, 1.54) is 0 Å². The second-order valence-corrected chi connectivity index (χ2v) is 8.47. The van der Waals surface area contributed by atoms with Crippen LogP contribution in [0.25, 0.3) is 11.0 Å². The Kier molecular flexibility index (Phi) is 8.88. The monoisotopic (exact) mass is 414 g/mol. The third-order valence-electron chi connectivity index (χ3n) is 5.85. The van der Waals surface area contributed by atoms with E-state index < -0.39 is 0 Å². The summed E-state index contributed by atoms with van der Waals surface area (Å²) in [5.41, 5.74) is 1.89. The van der Waals surface area contributed by atoms with Crippen LogP contribution in [0.15, 0.2) is 24.3 Å². The molecule has 30 heavy (non-hydrogen) atoms. The highest BCUT2D eigenvalue weighted by Gasteiger charge is 2.25. The Labute approximate surface area is 181 Å². The van der Waals surface area contributed by atoms with Crippen LogP contribution < -0.4 is 5.32 Å². The van der Waals surface area contributed by atoms with E-state index in [4.69, 9.17) is 4.98 Å². The minimum atomic E-state index is -0.0145. The molecule has 0 aliphatic rings. The SMILES string of the molecule is CCC(C)N(C(=O)Cn1c(CCCNC(=O)C(C)C)nc2ccccc21)C(C)CC. The Morgan fingerprint density at radius 1 is 1.07 bits per heavy atom. The number of rotatable bonds is 11. The molecule has 2 atom stereocenters. The molecule has 0 saturated carbocycles. The number of hydrogen-bond acceptors (Lipinski definition) is 3. The minimum Gasteiger partial charge on any atom is -0.356 e. The van der Waals surface area contributed by atoms with Crippen molar-refractivity contribution in [3.8, 4) is 0 Å². The Hall–Kier alpha value is -2.37. The van der Waals surface area contributed by atoms with Gasteiger partial charge in [0, 0.05) is 31.0 Å². The van der Waals surface area contributed by atoms with Crippen LogP contribution in [0.5, 0.6) is 0 Å². The number of fused-ring (bicyclic) bond motifs is 1. The quantitative estimate of drug-likeness (QED) is 0.561. The number of imidazole rings is 1. The summed E-state index contributed by atoms with van der Waals surface area (Å²) in [6, 6.07) is 8.38. The molecule has 1 aromatic heterocycles. The zero-order chi connectivity index (χ0) is 22.3. The molecule has 0 aliphatic heterocycles. The molecular weight excluding hydrogens is 376 g/mol. The smallest absolute Gasteiger partial charge is 0.243 e. The second-order valence-electron chi connectivity index (χ2n) is 8.47. The number of nitrogens with zero attached hydrogens (tertiary/aromatic N) is 3. The van der Waals surface area contributed by atoms with Gasteiger partial charge in [-0.05, 0) is 45.2 Å². The molecule has 0 radical (unpaired) electrons. The zero-order valence-corrected chi connectivity index (χ0v) is 19.4. The summed E-state index contributed by atoms with van der Waals surface area (Å²) in [6.45, 7) is 13.2. The van der Waals surface area contributed by atoms with Crippen molar-refractivity contribution in [2.45, 2.75) is 85.9 Å². The van der Waals surface area contributed by atoms with Gasteiger partial charge in [0.15, 0.2) is 0 Å². The summed E-state index contributed by atoms with van der Waals surface area (Å²) < 4.78 is 2.06. The highest BCUT2D eigenvalue weighted by Crippen LogP contribution is 2.19. The lowest BCUT2D eigenvalue weighted by molar-refractivity contribution is -0.136. The molecule has 0 fully saturated rings. The molecule has 1 aromatic carbocycles. The molecule has 2 amide bonds. The molecule has 2 aromatic rings. The molecule has 6 heteroatoms. The number of nitrogens with one attached hydrogen (secondary N) is 1. The van der Waals surface area contributed by atoms with Crippen molar-refractivity contribution in [1.29, 1.82) is 0 Å². The number of carbonyl (C=O) groups excluding carboxylic acids is 2. The first kappa shape index (κ1) is 23.9. The molecule has 2 unspecified atom stereocenters. The van der Waals surface area contributed by atoms with E-state index in [1.807, 2.05) is 43.0 Å². The zero-order valence-electron chi connectivity index (χ0n) is 19.4. The molecule has 2 rings (SSSR count). The van der Waals surface area contributed by atoms with Crippen molar-refractivity contribution >= 4 is 22.8 Å². The Morgan fingerprint density at radius 3 is 2.30 bits per heavy atom. The summed E-state index contributed by atoms with van der Waals surface area (Å²) in [5.74, 6) is 1.09. The van der Waals surface area contributed by atoms with Gasteiger partial charge < -0.3 is 14.8 Å². The molecule has 6 nitrogen and oxygen atoms in total. The number of hydrogen-bond donors (Lipinski definition) is 1. The first-order valence-corrected chi connectivity index (χ1v) is 11.3. The molecule has 0 aliphatic carbocycles. The number of amides is 2. The third kappa shape index (κ3) is 5.83. The van der Waals surface area contributed by atoms with Crippen LogP contribution in [0.2, 0.25) is 0 Å². The fourth-order valence-electron chi connectivity index (χ4n) is 3.69. The molecule has 1 N–H and O–H groups in total. The van der Waals surface area contributed by atoms with Crippen LogP contribution in [0.1, 0.15) is 66.6 Å². The van der Waals surface area contributed by atoms with Gasteiger partial charge in [0.1, 0.15) is 12.4 Å². The van der Waals surface area contributed by atoms with Gasteiger partial charge in [-0.3, -0.25) is 9.59 Å². The number of carbonyl (C=O) groups is 2. The number of para-hydroxylation sites is 2. The average molecular weight is 415 g/mol. The van der Waals surface area contributed by atoms with Gasteiger partial charge in [-0.1, -0.05) is 39.8 Å². The fourth-order valence-corrected chi connectivity index (χ4v) is 3.69. The average Bonchev–Trinajstić information content (AvgIpc) is 3.07. The van der Waals surface area contributed by atoms with E-state index in [0.717, 1.165) is 36.1 Å². The molecular formula is C24H38N4O2. The van der Waals surface area contributed by atoms with E-state index in [2.05, 4.69) is 37.6 Å². The summed E-state index contributed by atoms with van der Waals surface area (Å²) in [4.78, 5) is 31.9. The standard InChI is InChI=1S/C24H38N4O2/c1-7-18(5)28(19(6)8-2)23(29)16-27-21-13-10-9-12-20(21)26-22(27)14-11-15-25-24(30)17(3)4/h9-10,12-13,17-19H,7-8,11,14-16H2,1-6H3,(H,25,30). The maximum Gasteiger partial charge on any atom is 0.243 e. The third-order valence-corrected chi connectivity index (χ3v) is 5.85. The summed E-state index contributed by atoms with van der Waals surface area (Å²) in [5, 5.41) is 2.96. The van der Waals surface area contributed by atoms with Crippen LogP contribution in [0, 0.1) is 5.92 Å². The van der Waals surface area contributed by atoms with Gasteiger partial charge in [0.2, 0.25) is 11.8 Å². The largest absolute Gasteiger partial charge is 0.356 e. The minimum absolute atomic E-state index is 0.0145. The number of aryl methyl sites for hydroxylation is 1. The Morgan fingerprint density at radius 2 is 1.70 bits per heavy atom. The highest BCUT2D eigenvalue weighted by atomic mass is 16.2. The van der Waals surface area contributed by atoms with E-state index >= 15 is 0 Å². The van der Waals surface area contributed by atoms with Gasteiger partial charge in [-0.15, -0.1) is 0 Å².